The topological polar surface area (TPSA) is 122 Å². The van der Waals surface area contributed by atoms with E-state index >= 15 is 0 Å². The highest BCUT2D eigenvalue weighted by Crippen LogP contribution is 2.27. The van der Waals surface area contributed by atoms with Gasteiger partial charge in [-0.2, -0.15) is 0 Å². The number of nitrogens with two attached hydrogens (primary N) is 1. The van der Waals surface area contributed by atoms with Crippen LogP contribution in [0.5, 0.6) is 0 Å². The number of aryl methyl sites for hydroxylation is 1. The summed E-state index contributed by atoms with van der Waals surface area (Å²) in [6.07, 6.45) is 7.01. The third-order valence-electron chi connectivity index (χ3n) is 5.51. The van der Waals surface area contributed by atoms with Crippen LogP contribution in [-0.4, -0.2) is 29.0 Å². The lowest BCUT2D eigenvalue weighted by molar-refractivity contribution is -0.136. The van der Waals surface area contributed by atoms with Gasteiger partial charge in [-0.1, -0.05) is 62.4 Å². The fourth-order valence-electron chi connectivity index (χ4n) is 3.87. The van der Waals surface area contributed by atoms with Crippen molar-refractivity contribution in [3.05, 3.63) is 35.9 Å². The SMILES string of the molecule is NC(=O)C(CC1CCCCC1)NC(=O)C(CCc1ccccc1)CC(=O)NO. The Balaban J connectivity index is 1.99. The first kappa shape index (κ1) is 21.9. The van der Waals surface area contributed by atoms with Gasteiger partial charge in [0.05, 0.1) is 0 Å². The Morgan fingerprint density at radius 2 is 1.79 bits per heavy atom. The molecule has 7 nitrogen and oxygen atoms in total. The van der Waals surface area contributed by atoms with Crippen molar-refractivity contribution in [2.45, 2.75) is 63.8 Å². The molecule has 154 valence electrons. The zero-order valence-corrected chi connectivity index (χ0v) is 16.2. The van der Waals surface area contributed by atoms with E-state index in [0.29, 0.717) is 25.2 Å². The van der Waals surface area contributed by atoms with Crippen molar-refractivity contribution in [1.29, 1.82) is 0 Å². The molecule has 1 fully saturated rings. The molecule has 1 aromatic carbocycles. The number of rotatable bonds is 10. The van der Waals surface area contributed by atoms with E-state index in [1.165, 1.54) is 6.42 Å². The Labute approximate surface area is 166 Å². The summed E-state index contributed by atoms with van der Waals surface area (Å²) in [6.45, 7) is 0. The Bertz CT molecular complexity index is 644. The van der Waals surface area contributed by atoms with E-state index in [2.05, 4.69) is 5.32 Å². The summed E-state index contributed by atoms with van der Waals surface area (Å²) in [6, 6.07) is 8.92. The molecule has 0 spiro atoms. The largest absolute Gasteiger partial charge is 0.368 e. The van der Waals surface area contributed by atoms with Gasteiger partial charge in [-0.25, -0.2) is 5.48 Å². The van der Waals surface area contributed by atoms with Crippen LogP contribution in [0.2, 0.25) is 0 Å². The van der Waals surface area contributed by atoms with Gasteiger partial charge in [0.15, 0.2) is 0 Å². The lowest BCUT2D eigenvalue weighted by atomic mass is 9.84. The molecule has 0 saturated heterocycles. The first-order valence-corrected chi connectivity index (χ1v) is 10.1. The molecule has 0 aliphatic heterocycles. The number of amides is 3. The molecule has 5 N–H and O–H groups in total. The normalized spacial score (nSPS) is 16.8. The van der Waals surface area contributed by atoms with Crippen molar-refractivity contribution < 1.29 is 19.6 Å². The summed E-state index contributed by atoms with van der Waals surface area (Å²) in [5.74, 6) is -1.82. The summed E-state index contributed by atoms with van der Waals surface area (Å²) in [5, 5.41) is 11.6. The Morgan fingerprint density at radius 1 is 1.11 bits per heavy atom. The summed E-state index contributed by atoms with van der Waals surface area (Å²) in [7, 11) is 0. The molecular weight excluding hydrogens is 358 g/mol. The van der Waals surface area contributed by atoms with Crippen LogP contribution in [0.15, 0.2) is 30.3 Å². The van der Waals surface area contributed by atoms with Crippen LogP contribution < -0.4 is 16.5 Å². The summed E-state index contributed by atoms with van der Waals surface area (Å²) in [4.78, 5) is 36.3. The second-order valence-corrected chi connectivity index (χ2v) is 7.66. The molecule has 28 heavy (non-hydrogen) atoms. The number of hydrogen-bond acceptors (Lipinski definition) is 4. The van der Waals surface area contributed by atoms with E-state index in [9.17, 15) is 14.4 Å². The molecule has 1 aliphatic rings. The van der Waals surface area contributed by atoms with Gasteiger partial charge in [0, 0.05) is 12.3 Å². The van der Waals surface area contributed by atoms with Crippen LogP contribution >= 0.6 is 0 Å². The number of nitrogens with one attached hydrogen (secondary N) is 2. The Hall–Kier alpha value is -2.41. The maximum atomic E-state index is 12.8. The van der Waals surface area contributed by atoms with Crippen LogP contribution in [0.4, 0.5) is 0 Å². The molecule has 1 aromatic rings. The van der Waals surface area contributed by atoms with E-state index in [0.717, 1.165) is 31.2 Å². The smallest absolute Gasteiger partial charge is 0.244 e. The predicted molar refractivity (Wildman–Crippen MR) is 105 cm³/mol. The Kier molecular flexibility index (Phi) is 8.94. The number of hydroxylamine groups is 1. The molecular formula is C21H31N3O4. The summed E-state index contributed by atoms with van der Waals surface area (Å²) >= 11 is 0. The summed E-state index contributed by atoms with van der Waals surface area (Å²) < 4.78 is 0. The van der Waals surface area contributed by atoms with Gasteiger partial charge in [-0.3, -0.25) is 19.6 Å². The molecule has 2 atom stereocenters. The zero-order chi connectivity index (χ0) is 20.4. The molecule has 0 heterocycles. The Morgan fingerprint density at radius 3 is 2.39 bits per heavy atom. The van der Waals surface area contributed by atoms with Crippen molar-refractivity contribution >= 4 is 17.7 Å². The molecule has 0 radical (unpaired) electrons. The fourth-order valence-corrected chi connectivity index (χ4v) is 3.87. The number of primary amides is 1. The van der Waals surface area contributed by atoms with Crippen LogP contribution in [0.3, 0.4) is 0 Å². The lowest BCUT2D eigenvalue weighted by Gasteiger charge is -2.26. The number of benzene rings is 1. The highest BCUT2D eigenvalue weighted by molar-refractivity contribution is 5.89. The van der Waals surface area contributed by atoms with Gasteiger partial charge in [0.25, 0.3) is 0 Å². The van der Waals surface area contributed by atoms with Gasteiger partial charge < -0.3 is 11.1 Å². The van der Waals surface area contributed by atoms with Crippen LogP contribution in [-0.2, 0) is 20.8 Å². The van der Waals surface area contributed by atoms with Crippen molar-refractivity contribution in [3.63, 3.8) is 0 Å². The molecule has 0 bridgehead atoms. The average Bonchev–Trinajstić information content (AvgIpc) is 2.71. The first-order chi connectivity index (χ1) is 13.5. The third-order valence-corrected chi connectivity index (χ3v) is 5.51. The minimum atomic E-state index is -0.730. The molecule has 1 aliphatic carbocycles. The lowest BCUT2D eigenvalue weighted by Crippen LogP contribution is -2.48. The van der Waals surface area contributed by atoms with Crippen LogP contribution in [0, 0.1) is 11.8 Å². The molecule has 2 unspecified atom stereocenters. The van der Waals surface area contributed by atoms with Crippen molar-refractivity contribution in [2.75, 3.05) is 0 Å². The highest BCUT2D eigenvalue weighted by atomic mass is 16.5. The number of hydrogen-bond donors (Lipinski definition) is 4. The minimum Gasteiger partial charge on any atom is -0.368 e. The number of carbonyl (C=O) groups excluding carboxylic acids is 3. The minimum absolute atomic E-state index is 0.149. The molecule has 0 aromatic heterocycles. The third kappa shape index (κ3) is 7.31. The molecule has 3 amide bonds. The highest BCUT2D eigenvalue weighted by Gasteiger charge is 2.28. The van der Waals surface area contributed by atoms with E-state index in [1.54, 1.807) is 5.48 Å². The van der Waals surface area contributed by atoms with Gasteiger partial charge in [0.1, 0.15) is 6.04 Å². The second kappa shape index (κ2) is 11.4. The van der Waals surface area contributed by atoms with Crippen molar-refractivity contribution in [1.82, 2.24) is 10.8 Å². The zero-order valence-electron chi connectivity index (χ0n) is 16.2. The monoisotopic (exact) mass is 389 g/mol. The van der Waals surface area contributed by atoms with E-state index in [1.807, 2.05) is 30.3 Å². The number of carbonyl (C=O) groups is 3. The molecule has 2 rings (SSSR count). The van der Waals surface area contributed by atoms with E-state index < -0.39 is 23.8 Å². The standard InChI is InChI=1S/C21H31N3O4/c22-20(26)18(13-16-9-5-2-6-10-16)23-21(27)17(14-19(25)24-28)12-11-15-7-3-1-4-8-15/h1,3-4,7-8,16-18,28H,2,5-6,9-14H2,(H2,22,26)(H,23,27)(H,24,25). The summed E-state index contributed by atoms with van der Waals surface area (Å²) in [5.41, 5.74) is 8.16. The quantitative estimate of drug-likeness (QED) is 0.361. The van der Waals surface area contributed by atoms with Gasteiger partial charge in [-0.05, 0) is 30.7 Å². The van der Waals surface area contributed by atoms with E-state index in [4.69, 9.17) is 10.9 Å². The molecule has 7 heteroatoms. The van der Waals surface area contributed by atoms with Gasteiger partial charge in [-0.15, -0.1) is 0 Å². The maximum absolute atomic E-state index is 12.8. The average molecular weight is 389 g/mol. The predicted octanol–water partition coefficient (Wildman–Crippen LogP) is 2.07. The fraction of sp³-hybridized carbons (Fsp3) is 0.571. The van der Waals surface area contributed by atoms with Crippen LogP contribution in [0.25, 0.3) is 0 Å². The van der Waals surface area contributed by atoms with Crippen molar-refractivity contribution in [3.8, 4) is 0 Å². The first-order valence-electron chi connectivity index (χ1n) is 10.1. The maximum Gasteiger partial charge on any atom is 0.244 e. The second-order valence-electron chi connectivity index (χ2n) is 7.66. The van der Waals surface area contributed by atoms with Crippen molar-refractivity contribution in [2.24, 2.45) is 17.6 Å². The molecule has 1 saturated carbocycles. The van der Waals surface area contributed by atoms with Gasteiger partial charge >= 0.3 is 0 Å². The van der Waals surface area contributed by atoms with Crippen LogP contribution in [0.1, 0.15) is 56.9 Å². The van der Waals surface area contributed by atoms with E-state index in [-0.39, 0.29) is 12.3 Å². The van der Waals surface area contributed by atoms with Gasteiger partial charge in [0.2, 0.25) is 17.7 Å².